The van der Waals surface area contributed by atoms with Gasteiger partial charge in [0, 0.05) is 31.9 Å². The molecule has 3 aliphatic rings. The lowest BCUT2D eigenvalue weighted by Gasteiger charge is -2.56. The third-order valence-corrected chi connectivity index (χ3v) is 7.23. The van der Waals surface area contributed by atoms with Gasteiger partial charge in [0.15, 0.2) is 0 Å². The van der Waals surface area contributed by atoms with Crippen molar-refractivity contribution < 1.29 is 14.3 Å². The average Bonchev–Trinajstić information content (AvgIpc) is 3.26. The van der Waals surface area contributed by atoms with Crippen LogP contribution in [0.3, 0.4) is 0 Å². The van der Waals surface area contributed by atoms with E-state index in [2.05, 4.69) is 10.2 Å². The first-order chi connectivity index (χ1) is 14.2. The number of carbonyl (C=O) groups excluding carboxylic acids is 2. The van der Waals surface area contributed by atoms with E-state index in [1.807, 2.05) is 24.3 Å². The maximum Gasteiger partial charge on any atom is 0.254 e. The fourth-order valence-electron chi connectivity index (χ4n) is 6.00. The first kappa shape index (κ1) is 20.4. The molecule has 0 bridgehead atoms. The summed E-state index contributed by atoms with van der Waals surface area (Å²) < 4.78 is 5.13. The summed E-state index contributed by atoms with van der Waals surface area (Å²) in [5, 5.41) is 3.17. The summed E-state index contributed by atoms with van der Waals surface area (Å²) in [5.41, 5.74) is 1.29. The number of hydrogen-bond acceptors (Lipinski definition) is 3. The Morgan fingerprint density at radius 3 is 2.59 bits per heavy atom. The summed E-state index contributed by atoms with van der Waals surface area (Å²) in [4.78, 5) is 29.5. The second-order valence-electron chi connectivity index (χ2n) is 8.94. The quantitative estimate of drug-likeness (QED) is 0.736. The minimum Gasteiger partial charge on any atom is -0.385 e. The lowest BCUT2D eigenvalue weighted by Crippen LogP contribution is -2.65. The molecule has 2 amide bonds. The molecule has 1 N–H and O–H groups in total. The Bertz CT molecular complexity index is 735. The van der Waals surface area contributed by atoms with Crippen LogP contribution in [0.15, 0.2) is 24.3 Å². The predicted molar refractivity (Wildman–Crippen MR) is 113 cm³/mol. The molecule has 0 radical (unpaired) electrons. The summed E-state index contributed by atoms with van der Waals surface area (Å²) in [7, 11) is 1.68. The van der Waals surface area contributed by atoms with Crippen molar-refractivity contribution in [3.05, 3.63) is 35.4 Å². The highest BCUT2D eigenvalue weighted by Gasteiger charge is 2.56. The molecule has 1 spiro atoms. The lowest BCUT2D eigenvalue weighted by molar-refractivity contribution is -0.128. The third-order valence-electron chi connectivity index (χ3n) is 7.23. The van der Waals surface area contributed by atoms with E-state index >= 15 is 0 Å². The van der Waals surface area contributed by atoms with Gasteiger partial charge in [-0.2, -0.15) is 0 Å². The van der Waals surface area contributed by atoms with Crippen LogP contribution >= 0.6 is 0 Å². The van der Waals surface area contributed by atoms with Gasteiger partial charge in [0.1, 0.15) is 0 Å². The molecule has 0 unspecified atom stereocenters. The molecule has 4 rings (SSSR count). The standard InChI is InChI=1S/C24H34N2O3/c1-29-17-9-16-25-22(27)21-19-12-5-6-13-20(19)23(28)26(18-10-3-4-11-18)24(21)14-7-2-8-15-24/h5-6,12-13,18,21H,2-4,7-11,14-17H2,1H3,(H,25,27)/t21-/m1/s1. The van der Waals surface area contributed by atoms with E-state index in [1.54, 1.807) is 7.11 Å². The van der Waals surface area contributed by atoms with Crippen molar-refractivity contribution in [2.45, 2.75) is 81.7 Å². The lowest BCUT2D eigenvalue weighted by atomic mass is 9.64. The normalized spacial score (nSPS) is 24.0. The SMILES string of the molecule is COCCCNC(=O)[C@H]1c2ccccc2C(=O)N(C2CCCC2)C12CCCCC2. The molecule has 2 aliphatic carbocycles. The summed E-state index contributed by atoms with van der Waals surface area (Å²) in [6.45, 7) is 1.25. The Morgan fingerprint density at radius 2 is 1.86 bits per heavy atom. The van der Waals surface area contributed by atoms with Gasteiger partial charge in [0.2, 0.25) is 5.91 Å². The molecule has 2 fully saturated rings. The van der Waals surface area contributed by atoms with E-state index in [1.165, 1.54) is 19.3 Å². The van der Waals surface area contributed by atoms with Crippen molar-refractivity contribution in [2.75, 3.05) is 20.3 Å². The smallest absolute Gasteiger partial charge is 0.254 e. The topological polar surface area (TPSA) is 58.6 Å². The minimum absolute atomic E-state index is 0.0750. The number of rotatable bonds is 6. The van der Waals surface area contributed by atoms with Crippen LogP contribution in [0.25, 0.3) is 0 Å². The molecule has 1 atom stereocenters. The van der Waals surface area contributed by atoms with E-state index in [0.717, 1.165) is 56.1 Å². The number of hydrogen-bond donors (Lipinski definition) is 1. The summed E-state index contributed by atoms with van der Waals surface area (Å²) in [6, 6.07) is 8.10. The predicted octanol–water partition coefficient (Wildman–Crippen LogP) is 4.02. The van der Waals surface area contributed by atoms with Crippen LogP contribution in [0.4, 0.5) is 0 Å². The first-order valence-electron chi connectivity index (χ1n) is 11.4. The Morgan fingerprint density at radius 1 is 1.14 bits per heavy atom. The highest BCUT2D eigenvalue weighted by atomic mass is 16.5. The molecule has 2 saturated carbocycles. The molecular formula is C24H34N2O3. The number of nitrogens with one attached hydrogen (secondary N) is 1. The highest BCUT2D eigenvalue weighted by Crippen LogP contribution is 2.51. The molecule has 1 aromatic rings. The van der Waals surface area contributed by atoms with Gasteiger partial charge >= 0.3 is 0 Å². The summed E-state index contributed by atoms with van der Waals surface area (Å²) >= 11 is 0. The van der Waals surface area contributed by atoms with Crippen LogP contribution < -0.4 is 5.32 Å². The molecule has 1 heterocycles. The van der Waals surface area contributed by atoms with Crippen LogP contribution in [-0.4, -0.2) is 48.6 Å². The minimum atomic E-state index is -0.371. The zero-order chi connectivity index (χ0) is 20.3. The molecule has 1 aliphatic heterocycles. The van der Waals surface area contributed by atoms with E-state index in [4.69, 9.17) is 4.74 Å². The first-order valence-corrected chi connectivity index (χ1v) is 11.4. The Labute approximate surface area is 174 Å². The van der Waals surface area contributed by atoms with Gasteiger partial charge in [-0.1, -0.05) is 50.3 Å². The van der Waals surface area contributed by atoms with Crippen LogP contribution in [0.1, 0.15) is 86.0 Å². The van der Waals surface area contributed by atoms with Gasteiger partial charge in [-0.3, -0.25) is 9.59 Å². The molecular weight excluding hydrogens is 364 g/mol. The molecule has 5 heteroatoms. The fourth-order valence-corrected chi connectivity index (χ4v) is 6.00. The number of methoxy groups -OCH3 is 1. The molecule has 5 nitrogen and oxygen atoms in total. The Hall–Kier alpha value is -1.88. The van der Waals surface area contributed by atoms with Gasteiger partial charge in [-0.25, -0.2) is 0 Å². The van der Waals surface area contributed by atoms with Gasteiger partial charge in [0.05, 0.1) is 11.5 Å². The fraction of sp³-hybridized carbons (Fsp3) is 0.667. The number of ether oxygens (including phenoxy) is 1. The molecule has 0 aromatic heterocycles. The average molecular weight is 399 g/mol. The molecule has 29 heavy (non-hydrogen) atoms. The van der Waals surface area contributed by atoms with Crippen molar-refractivity contribution in [3.63, 3.8) is 0 Å². The number of nitrogens with zero attached hydrogens (tertiary/aromatic N) is 1. The Kier molecular flexibility index (Phi) is 6.23. The van der Waals surface area contributed by atoms with Crippen molar-refractivity contribution in [2.24, 2.45) is 0 Å². The largest absolute Gasteiger partial charge is 0.385 e. The second-order valence-corrected chi connectivity index (χ2v) is 8.94. The Balaban J connectivity index is 1.75. The van der Waals surface area contributed by atoms with Crippen LogP contribution in [0.2, 0.25) is 0 Å². The van der Waals surface area contributed by atoms with E-state index in [0.29, 0.717) is 13.2 Å². The summed E-state index contributed by atoms with van der Waals surface area (Å²) in [5.74, 6) is -0.0522. The molecule has 158 valence electrons. The van der Waals surface area contributed by atoms with Crippen LogP contribution in [0, 0.1) is 0 Å². The van der Waals surface area contributed by atoms with Crippen LogP contribution in [-0.2, 0) is 9.53 Å². The van der Waals surface area contributed by atoms with Crippen molar-refractivity contribution >= 4 is 11.8 Å². The van der Waals surface area contributed by atoms with E-state index in [-0.39, 0.29) is 29.3 Å². The van der Waals surface area contributed by atoms with Crippen molar-refractivity contribution in [3.8, 4) is 0 Å². The number of benzene rings is 1. The van der Waals surface area contributed by atoms with E-state index in [9.17, 15) is 9.59 Å². The van der Waals surface area contributed by atoms with Gasteiger partial charge in [-0.05, 0) is 43.7 Å². The zero-order valence-electron chi connectivity index (χ0n) is 17.6. The maximum absolute atomic E-state index is 13.7. The van der Waals surface area contributed by atoms with Gasteiger partial charge < -0.3 is 15.0 Å². The number of carbonyl (C=O) groups is 2. The van der Waals surface area contributed by atoms with Crippen molar-refractivity contribution in [1.29, 1.82) is 0 Å². The highest BCUT2D eigenvalue weighted by molar-refractivity contribution is 6.02. The number of amides is 2. The summed E-state index contributed by atoms with van der Waals surface area (Å²) in [6.07, 6.45) is 10.5. The van der Waals surface area contributed by atoms with Crippen LogP contribution in [0.5, 0.6) is 0 Å². The third kappa shape index (κ3) is 3.70. The molecule has 1 aromatic carbocycles. The number of fused-ring (bicyclic) bond motifs is 1. The van der Waals surface area contributed by atoms with E-state index < -0.39 is 0 Å². The molecule has 0 saturated heterocycles. The monoisotopic (exact) mass is 398 g/mol. The second kappa shape index (κ2) is 8.86. The zero-order valence-corrected chi connectivity index (χ0v) is 17.6. The maximum atomic E-state index is 13.7. The van der Waals surface area contributed by atoms with Crippen molar-refractivity contribution in [1.82, 2.24) is 10.2 Å². The van der Waals surface area contributed by atoms with Gasteiger partial charge in [0.25, 0.3) is 5.91 Å². The van der Waals surface area contributed by atoms with Gasteiger partial charge in [-0.15, -0.1) is 0 Å².